The maximum atomic E-state index is 12.4. The molecule has 2 aliphatic rings. The van der Waals surface area contributed by atoms with E-state index in [1.807, 2.05) is 13.0 Å². The van der Waals surface area contributed by atoms with E-state index in [-0.39, 0.29) is 11.4 Å². The molecule has 1 saturated carbocycles. The molecule has 1 amide bonds. The molecule has 1 fully saturated rings. The molecular formula is C15H20N2O. The summed E-state index contributed by atoms with van der Waals surface area (Å²) in [6.07, 6.45) is 4.24. The first-order chi connectivity index (χ1) is 8.59. The average Bonchev–Trinajstić information content (AvgIpc) is 2.31. The van der Waals surface area contributed by atoms with E-state index in [1.54, 1.807) is 0 Å². The largest absolute Gasteiger partial charge is 0.370 e. The molecule has 0 radical (unpaired) electrons. The number of aryl methyl sites for hydroxylation is 1. The number of amides is 1. The molecule has 18 heavy (non-hydrogen) atoms. The van der Waals surface area contributed by atoms with Gasteiger partial charge in [0.2, 0.25) is 5.91 Å². The fraction of sp³-hybridized carbons (Fsp3) is 0.533. The molecule has 3 nitrogen and oxygen atoms in total. The van der Waals surface area contributed by atoms with Crippen molar-refractivity contribution in [2.75, 3.05) is 10.6 Å². The summed E-state index contributed by atoms with van der Waals surface area (Å²) >= 11 is 0. The highest BCUT2D eigenvalue weighted by Gasteiger charge is 2.44. The van der Waals surface area contributed by atoms with Gasteiger partial charge in [-0.3, -0.25) is 4.79 Å². The van der Waals surface area contributed by atoms with Gasteiger partial charge >= 0.3 is 0 Å². The third kappa shape index (κ3) is 1.78. The van der Waals surface area contributed by atoms with E-state index in [2.05, 4.69) is 29.7 Å². The van der Waals surface area contributed by atoms with Crippen molar-refractivity contribution in [1.82, 2.24) is 0 Å². The number of rotatable bonds is 0. The second-order valence-corrected chi connectivity index (χ2v) is 5.91. The molecule has 1 aliphatic heterocycles. The van der Waals surface area contributed by atoms with Crippen LogP contribution in [0.15, 0.2) is 18.2 Å². The second kappa shape index (κ2) is 4.01. The Morgan fingerprint density at radius 2 is 2.17 bits per heavy atom. The van der Waals surface area contributed by atoms with Crippen LogP contribution >= 0.6 is 0 Å². The highest BCUT2D eigenvalue weighted by atomic mass is 16.2. The minimum atomic E-state index is -0.375. The predicted octanol–water partition coefficient (Wildman–Crippen LogP) is 3.31. The first-order valence-electron chi connectivity index (χ1n) is 6.79. The van der Waals surface area contributed by atoms with E-state index in [1.165, 1.54) is 12.0 Å². The number of benzene rings is 1. The minimum Gasteiger partial charge on any atom is -0.370 e. The Balaban J connectivity index is 1.96. The zero-order chi connectivity index (χ0) is 12.8. The lowest BCUT2D eigenvalue weighted by molar-refractivity contribution is -0.122. The maximum Gasteiger partial charge on any atom is 0.250 e. The van der Waals surface area contributed by atoms with Crippen LogP contribution in [0.5, 0.6) is 0 Å². The van der Waals surface area contributed by atoms with Crippen molar-refractivity contribution in [2.45, 2.75) is 45.1 Å². The number of hydrogen-bond acceptors (Lipinski definition) is 2. The van der Waals surface area contributed by atoms with E-state index < -0.39 is 0 Å². The first kappa shape index (κ1) is 11.6. The summed E-state index contributed by atoms with van der Waals surface area (Å²) in [7, 11) is 0. The third-order valence-corrected chi connectivity index (χ3v) is 4.23. The molecule has 2 unspecified atom stereocenters. The lowest BCUT2D eigenvalue weighted by Crippen LogP contribution is -2.54. The molecule has 1 aliphatic carbocycles. The molecule has 2 N–H and O–H groups in total. The van der Waals surface area contributed by atoms with Gasteiger partial charge < -0.3 is 10.6 Å². The molecule has 1 heterocycles. The van der Waals surface area contributed by atoms with Crippen LogP contribution in [0.2, 0.25) is 0 Å². The molecule has 1 aromatic carbocycles. The number of carbonyl (C=O) groups excluding carboxylic acids is 1. The van der Waals surface area contributed by atoms with Gasteiger partial charge in [-0.05, 0) is 43.4 Å². The summed E-state index contributed by atoms with van der Waals surface area (Å²) < 4.78 is 0. The van der Waals surface area contributed by atoms with E-state index in [0.29, 0.717) is 5.92 Å². The summed E-state index contributed by atoms with van der Waals surface area (Å²) in [5.41, 5.74) is 2.78. The highest BCUT2D eigenvalue weighted by molar-refractivity contribution is 6.06. The maximum absolute atomic E-state index is 12.4. The Morgan fingerprint density at radius 1 is 1.33 bits per heavy atom. The van der Waals surface area contributed by atoms with Crippen molar-refractivity contribution in [3.8, 4) is 0 Å². The Labute approximate surface area is 108 Å². The van der Waals surface area contributed by atoms with Crippen molar-refractivity contribution in [3.05, 3.63) is 23.8 Å². The monoisotopic (exact) mass is 244 g/mol. The Morgan fingerprint density at radius 3 is 2.94 bits per heavy atom. The van der Waals surface area contributed by atoms with Gasteiger partial charge in [-0.25, -0.2) is 0 Å². The lowest BCUT2D eigenvalue weighted by atomic mass is 9.74. The average molecular weight is 244 g/mol. The van der Waals surface area contributed by atoms with Gasteiger partial charge in [0.25, 0.3) is 0 Å². The van der Waals surface area contributed by atoms with Gasteiger partial charge in [0.1, 0.15) is 5.54 Å². The number of fused-ring (bicyclic) bond motifs is 1. The molecule has 0 bridgehead atoms. The fourth-order valence-electron chi connectivity index (χ4n) is 3.30. The van der Waals surface area contributed by atoms with Crippen molar-refractivity contribution < 1.29 is 4.79 Å². The van der Waals surface area contributed by atoms with Gasteiger partial charge in [-0.1, -0.05) is 25.8 Å². The minimum absolute atomic E-state index is 0.146. The molecule has 2 atom stereocenters. The number of carbonyl (C=O) groups is 1. The topological polar surface area (TPSA) is 41.1 Å². The molecular weight excluding hydrogens is 224 g/mol. The van der Waals surface area contributed by atoms with Crippen molar-refractivity contribution in [3.63, 3.8) is 0 Å². The summed E-state index contributed by atoms with van der Waals surface area (Å²) in [5.74, 6) is 0.760. The second-order valence-electron chi connectivity index (χ2n) is 5.91. The number of nitrogens with one attached hydrogen (secondary N) is 2. The summed E-state index contributed by atoms with van der Waals surface area (Å²) in [6.45, 7) is 4.28. The quantitative estimate of drug-likeness (QED) is 0.735. The SMILES string of the molecule is Cc1ccc2c(c1)NC(=O)C1(CCCC(C)C1)N2. The van der Waals surface area contributed by atoms with Gasteiger partial charge in [-0.2, -0.15) is 0 Å². The van der Waals surface area contributed by atoms with E-state index in [0.717, 1.165) is 30.6 Å². The molecule has 0 saturated heterocycles. The van der Waals surface area contributed by atoms with Crippen molar-refractivity contribution in [1.29, 1.82) is 0 Å². The normalized spacial score (nSPS) is 30.6. The molecule has 1 spiro atoms. The molecule has 3 heteroatoms. The van der Waals surface area contributed by atoms with Crippen LogP contribution in [0.25, 0.3) is 0 Å². The third-order valence-electron chi connectivity index (χ3n) is 4.23. The Hall–Kier alpha value is -1.51. The first-order valence-corrected chi connectivity index (χ1v) is 6.79. The van der Waals surface area contributed by atoms with Crippen LogP contribution in [0, 0.1) is 12.8 Å². The molecule has 3 rings (SSSR count). The van der Waals surface area contributed by atoms with Crippen molar-refractivity contribution in [2.24, 2.45) is 5.92 Å². The van der Waals surface area contributed by atoms with E-state index >= 15 is 0 Å². The van der Waals surface area contributed by atoms with Crippen LogP contribution in [-0.2, 0) is 4.79 Å². The van der Waals surface area contributed by atoms with E-state index in [9.17, 15) is 4.79 Å². The summed E-state index contributed by atoms with van der Waals surface area (Å²) in [6, 6.07) is 6.19. The van der Waals surface area contributed by atoms with Crippen LogP contribution in [0.4, 0.5) is 11.4 Å². The van der Waals surface area contributed by atoms with Crippen LogP contribution in [0.1, 0.15) is 38.2 Å². The Bertz CT molecular complexity index is 497. The van der Waals surface area contributed by atoms with Gasteiger partial charge in [0.05, 0.1) is 11.4 Å². The van der Waals surface area contributed by atoms with Gasteiger partial charge in [-0.15, -0.1) is 0 Å². The number of hydrogen-bond donors (Lipinski definition) is 2. The van der Waals surface area contributed by atoms with E-state index in [4.69, 9.17) is 0 Å². The van der Waals surface area contributed by atoms with Crippen molar-refractivity contribution >= 4 is 17.3 Å². The standard InChI is InChI=1S/C15H20N2O/c1-10-5-6-12-13(8-10)16-14(18)15(17-12)7-3-4-11(2)9-15/h5-6,8,11,17H,3-4,7,9H2,1-2H3,(H,16,18). The Kier molecular flexibility index (Phi) is 2.58. The smallest absolute Gasteiger partial charge is 0.250 e. The van der Waals surface area contributed by atoms with Crippen LogP contribution in [0.3, 0.4) is 0 Å². The zero-order valence-electron chi connectivity index (χ0n) is 11.0. The fourth-order valence-corrected chi connectivity index (χ4v) is 3.30. The molecule has 1 aromatic rings. The molecule has 0 aromatic heterocycles. The predicted molar refractivity (Wildman–Crippen MR) is 73.8 cm³/mol. The molecule has 96 valence electrons. The number of anilines is 2. The van der Waals surface area contributed by atoms with Crippen LogP contribution in [-0.4, -0.2) is 11.4 Å². The zero-order valence-corrected chi connectivity index (χ0v) is 11.0. The van der Waals surface area contributed by atoms with Crippen LogP contribution < -0.4 is 10.6 Å². The van der Waals surface area contributed by atoms with Gasteiger partial charge in [0.15, 0.2) is 0 Å². The summed E-state index contributed by atoms with van der Waals surface area (Å²) in [5, 5.41) is 6.59. The van der Waals surface area contributed by atoms with Gasteiger partial charge in [0, 0.05) is 0 Å². The summed E-state index contributed by atoms with van der Waals surface area (Å²) in [4.78, 5) is 12.4. The lowest BCUT2D eigenvalue weighted by Gasteiger charge is -2.43. The highest BCUT2D eigenvalue weighted by Crippen LogP contribution is 2.40.